The molecule has 1 aliphatic rings. The number of carbonyl (C=O) groups excluding carboxylic acids is 1. The van der Waals surface area contributed by atoms with Crippen molar-refractivity contribution in [2.24, 2.45) is 0 Å². The first-order valence-corrected chi connectivity index (χ1v) is 9.78. The van der Waals surface area contributed by atoms with Crippen LogP contribution in [-0.2, 0) is 6.54 Å². The molecular weight excluding hydrogens is 376 g/mol. The minimum atomic E-state index is -0.0775. The standard InChI is InChI=1S/C21H23ClN4O2/c1-14-3-6-20-17(11-14)18(24-28-20)13-23-21(27)26-9-7-25(8-10-26)19-12-16(22)5-4-15(19)2/h3-6,11-12H,7-10,13H2,1-2H3,(H,23,27). The van der Waals surface area contributed by atoms with E-state index in [1.807, 2.05) is 48.2 Å². The van der Waals surface area contributed by atoms with Crippen molar-refractivity contribution in [2.75, 3.05) is 31.1 Å². The van der Waals surface area contributed by atoms with Crippen molar-refractivity contribution in [2.45, 2.75) is 20.4 Å². The molecule has 4 rings (SSSR count). The van der Waals surface area contributed by atoms with Gasteiger partial charge in [0.2, 0.25) is 0 Å². The number of amides is 2. The number of nitrogens with one attached hydrogen (secondary N) is 1. The summed E-state index contributed by atoms with van der Waals surface area (Å²) in [4.78, 5) is 16.7. The number of aromatic nitrogens is 1. The second-order valence-corrected chi connectivity index (χ2v) is 7.63. The van der Waals surface area contributed by atoms with Crippen LogP contribution in [0.2, 0.25) is 5.02 Å². The third-order valence-corrected chi connectivity index (χ3v) is 5.42. The number of hydrogen-bond donors (Lipinski definition) is 1. The Hall–Kier alpha value is -2.73. The van der Waals surface area contributed by atoms with Crippen molar-refractivity contribution >= 4 is 34.3 Å². The Balaban J connectivity index is 1.35. The predicted octanol–water partition coefficient (Wildman–Crippen LogP) is 4.13. The van der Waals surface area contributed by atoms with Crippen molar-refractivity contribution in [3.63, 3.8) is 0 Å². The average Bonchev–Trinajstić information content (AvgIpc) is 3.10. The highest BCUT2D eigenvalue weighted by molar-refractivity contribution is 6.30. The van der Waals surface area contributed by atoms with Gasteiger partial charge in [-0.15, -0.1) is 0 Å². The van der Waals surface area contributed by atoms with Crippen LogP contribution in [-0.4, -0.2) is 42.3 Å². The van der Waals surface area contributed by atoms with Crippen LogP contribution in [0, 0.1) is 13.8 Å². The fraction of sp³-hybridized carbons (Fsp3) is 0.333. The molecular formula is C21H23ClN4O2. The van der Waals surface area contributed by atoms with E-state index in [0.29, 0.717) is 19.6 Å². The Morgan fingerprint density at radius 1 is 1.14 bits per heavy atom. The van der Waals surface area contributed by atoms with Crippen molar-refractivity contribution < 1.29 is 9.32 Å². The summed E-state index contributed by atoms with van der Waals surface area (Å²) < 4.78 is 5.33. The average molecular weight is 399 g/mol. The molecule has 1 saturated heterocycles. The Labute approximate surface area is 169 Å². The van der Waals surface area contributed by atoms with Gasteiger partial charge in [0.05, 0.1) is 6.54 Å². The number of rotatable bonds is 3. The minimum Gasteiger partial charge on any atom is -0.368 e. The molecule has 0 spiro atoms. The third kappa shape index (κ3) is 3.78. The second-order valence-electron chi connectivity index (χ2n) is 7.19. The molecule has 2 heterocycles. The minimum absolute atomic E-state index is 0.0775. The number of aryl methyl sites for hydroxylation is 2. The summed E-state index contributed by atoms with van der Waals surface area (Å²) >= 11 is 6.14. The lowest BCUT2D eigenvalue weighted by molar-refractivity contribution is 0.193. The monoisotopic (exact) mass is 398 g/mol. The van der Waals surface area contributed by atoms with Crippen LogP contribution in [0.4, 0.5) is 10.5 Å². The number of carbonyl (C=O) groups is 1. The summed E-state index contributed by atoms with van der Waals surface area (Å²) in [5, 5.41) is 8.74. The van der Waals surface area contributed by atoms with E-state index in [1.54, 1.807) is 0 Å². The Kier molecular flexibility index (Phi) is 5.13. The van der Waals surface area contributed by atoms with Gasteiger partial charge in [0.25, 0.3) is 0 Å². The van der Waals surface area contributed by atoms with Gasteiger partial charge < -0.3 is 19.6 Å². The van der Waals surface area contributed by atoms with Crippen LogP contribution < -0.4 is 10.2 Å². The first-order valence-electron chi connectivity index (χ1n) is 9.40. The molecule has 0 radical (unpaired) electrons. The van der Waals surface area contributed by atoms with Gasteiger partial charge in [-0.1, -0.05) is 34.5 Å². The van der Waals surface area contributed by atoms with E-state index < -0.39 is 0 Å². The smallest absolute Gasteiger partial charge is 0.317 e. The zero-order chi connectivity index (χ0) is 19.7. The molecule has 3 aromatic rings. The predicted molar refractivity (Wildman–Crippen MR) is 111 cm³/mol. The van der Waals surface area contributed by atoms with E-state index >= 15 is 0 Å². The normalized spacial score (nSPS) is 14.5. The maximum Gasteiger partial charge on any atom is 0.317 e. The summed E-state index contributed by atoms with van der Waals surface area (Å²) in [5.41, 5.74) is 4.95. The number of piperazine rings is 1. The maximum absolute atomic E-state index is 12.6. The van der Waals surface area contributed by atoms with E-state index in [4.69, 9.17) is 16.1 Å². The summed E-state index contributed by atoms with van der Waals surface area (Å²) in [5.74, 6) is 0. The molecule has 1 aromatic heterocycles. The van der Waals surface area contributed by atoms with Crippen molar-refractivity contribution in [1.29, 1.82) is 0 Å². The molecule has 0 aliphatic carbocycles. The molecule has 2 aromatic carbocycles. The molecule has 7 heteroatoms. The van der Waals surface area contributed by atoms with Crippen LogP contribution in [0.5, 0.6) is 0 Å². The third-order valence-electron chi connectivity index (χ3n) is 5.19. The fourth-order valence-corrected chi connectivity index (χ4v) is 3.74. The van der Waals surface area contributed by atoms with E-state index in [9.17, 15) is 4.79 Å². The number of benzene rings is 2. The zero-order valence-corrected chi connectivity index (χ0v) is 16.8. The van der Waals surface area contributed by atoms with Gasteiger partial charge in [-0.25, -0.2) is 4.79 Å². The molecule has 0 unspecified atom stereocenters. The zero-order valence-electron chi connectivity index (χ0n) is 16.0. The molecule has 0 bridgehead atoms. The molecule has 0 atom stereocenters. The van der Waals surface area contributed by atoms with Gasteiger partial charge in [-0.3, -0.25) is 0 Å². The summed E-state index contributed by atoms with van der Waals surface area (Å²) in [7, 11) is 0. The van der Waals surface area contributed by atoms with Crippen LogP contribution in [0.25, 0.3) is 11.0 Å². The molecule has 1 fully saturated rings. The Morgan fingerprint density at radius 3 is 2.71 bits per heavy atom. The van der Waals surface area contributed by atoms with E-state index in [0.717, 1.165) is 46.0 Å². The van der Waals surface area contributed by atoms with Crippen LogP contribution in [0.15, 0.2) is 40.9 Å². The highest BCUT2D eigenvalue weighted by atomic mass is 35.5. The van der Waals surface area contributed by atoms with Crippen molar-refractivity contribution in [3.05, 3.63) is 58.2 Å². The lowest BCUT2D eigenvalue weighted by atomic mass is 10.1. The molecule has 6 nitrogen and oxygen atoms in total. The van der Waals surface area contributed by atoms with Crippen molar-refractivity contribution in [1.82, 2.24) is 15.4 Å². The number of urea groups is 1. The highest BCUT2D eigenvalue weighted by Gasteiger charge is 2.22. The Morgan fingerprint density at radius 2 is 1.93 bits per heavy atom. The van der Waals surface area contributed by atoms with Crippen molar-refractivity contribution in [3.8, 4) is 0 Å². The molecule has 0 saturated carbocycles. The molecule has 2 amide bonds. The molecule has 146 valence electrons. The second kappa shape index (κ2) is 7.72. The molecule has 1 aliphatic heterocycles. The number of fused-ring (bicyclic) bond motifs is 1. The van der Waals surface area contributed by atoms with E-state index in [2.05, 4.69) is 22.3 Å². The van der Waals surface area contributed by atoms with Gasteiger partial charge in [-0.2, -0.15) is 0 Å². The summed E-state index contributed by atoms with van der Waals surface area (Å²) in [6, 6.07) is 11.8. The first-order chi connectivity index (χ1) is 13.5. The maximum atomic E-state index is 12.6. The van der Waals surface area contributed by atoms with Crippen LogP contribution in [0.3, 0.4) is 0 Å². The first kappa shape index (κ1) is 18.6. The molecule has 1 N–H and O–H groups in total. The lowest BCUT2D eigenvalue weighted by Crippen LogP contribution is -2.51. The van der Waals surface area contributed by atoms with E-state index in [-0.39, 0.29) is 6.03 Å². The van der Waals surface area contributed by atoms with Crippen LogP contribution >= 0.6 is 11.6 Å². The van der Waals surface area contributed by atoms with Gasteiger partial charge in [-0.05, 0) is 43.7 Å². The quantitative estimate of drug-likeness (QED) is 0.720. The van der Waals surface area contributed by atoms with Gasteiger partial charge in [0.15, 0.2) is 5.58 Å². The largest absolute Gasteiger partial charge is 0.368 e. The van der Waals surface area contributed by atoms with Gasteiger partial charge in [0.1, 0.15) is 5.69 Å². The summed E-state index contributed by atoms with van der Waals surface area (Å²) in [6.45, 7) is 7.34. The number of anilines is 1. The van der Waals surface area contributed by atoms with Gasteiger partial charge >= 0.3 is 6.03 Å². The number of halogens is 1. The number of nitrogens with zero attached hydrogens (tertiary/aromatic N) is 3. The molecule has 28 heavy (non-hydrogen) atoms. The highest BCUT2D eigenvalue weighted by Crippen LogP contribution is 2.25. The van der Waals surface area contributed by atoms with E-state index in [1.165, 1.54) is 5.56 Å². The fourth-order valence-electron chi connectivity index (χ4n) is 3.57. The lowest BCUT2D eigenvalue weighted by Gasteiger charge is -2.36. The van der Waals surface area contributed by atoms with Gasteiger partial charge in [0, 0.05) is 42.3 Å². The SMILES string of the molecule is Cc1ccc2onc(CNC(=O)N3CCN(c4cc(Cl)ccc4C)CC3)c2c1. The number of hydrogen-bond acceptors (Lipinski definition) is 4. The summed E-state index contributed by atoms with van der Waals surface area (Å²) in [6.07, 6.45) is 0. The topological polar surface area (TPSA) is 61.6 Å². The Bertz CT molecular complexity index is 1010. The van der Waals surface area contributed by atoms with Crippen LogP contribution in [0.1, 0.15) is 16.8 Å².